The third kappa shape index (κ3) is 6.47. The summed E-state index contributed by atoms with van der Waals surface area (Å²) in [5.41, 5.74) is 1.56. The molecule has 1 aromatic carbocycles. The number of fused-ring (bicyclic) bond motifs is 1. The van der Waals surface area contributed by atoms with Gasteiger partial charge in [0, 0.05) is 33.2 Å². The van der Waals surface area contributed by atoms with Gasteiger partial charge >= 0.3 is 17.9 Å². The number of carbonyl (C=O) groups excluding carboxylic acids is 3. The Morgan fingerprint density at radius 1 is 1.05 bits per heavy atom. The Labute approximate surface area is 244 Å². The van der Waals surface area contributed by atoms with E-state index in [2.05, 4.69) is 15.3 Å². The van der Waals surface area contributed by atoms with Gasteiger partial charge in [0.1, 0.15) is 24.8 Å². The molecule has 41 heavy (non-hydrogen) atoms. The fourth-order valence-corrected chi connectivity index (χ4v) is 6.13. The van der Waals surface area contributed by atoms with Crippen molar-refractivity contribution in [2.45, 2.75) is 94.6 Å². The second-order valence-corrected chi connectivity index (χ2v) is 11.3. The number of aliphatic imine (C=N–C) groups is 3. The van der Waals surface area contributed by atoms with Gasteiger partial charge in [0.25, 0.3) is 0 Å². The van der Waals surface area contributed by atoms with Gasteiger partial charge in [-0.2, -0.15) is 0 Å². The summed E-state index contributed by atoms with van der Waals surface area (Å²) in [7, 11) is 0. The largest absolute Gasteiger partial charge is 0.463 e. The van der Waals surface area contributed by atoms with Gasteiger partial charge in [-0.25, -0.2) is 15.0 Å². The number of carbonyl (C=O) groups is 3. The molecule has 1 aromatic rings. The first-order valence-corrected chi connectivity index (χ1v) is 14.2. The summed E-state index contributed by atoms with van der Waals surface area (Å²) in [5.74, 6) is -1.25. The van der Waals surface area contributed by atoms with E-state index in [4.69, 9.17) is 36.6 Å². The highest BCUT2D eigenvalue weighted by Gasteiger charge is 2.57. The Hall–Kier alpha value is -3.29. The van der Waals surface area contributed by atoms with Gasteiger partial charge in [-0.15, -0.1) is 12.6 Å². The van der Waals surface area contributed by atoms with Crippen LogP contribution in [0.5, 0.6) is 0 Å². The molecule has 220 valence electrons. The summed E-state index contributed by atoms with van der Waals surface area (Å²) in [6.45, 7) is 3.59. The lowest BCUT2D eigenvalue weighted by Gasteiger charge is -2.36. The highest BCUT2D eigenvalue weighted by atomic mass is 32.1. The monoisotopic (exact) mass is 585 g/mol. The normalized spacial score (nSPS) is 30.9. The molecule has 1 aliphatic carbocycles. The van der Waals surface area contributed by atoms with Gasteiger partial charge < -0.3 is 18.9 Å². The number of nitrogens with zero attached hydrogens (tertiary/aromatic N) is 4. The number of amidine groups is 1. The average Bonchev–Trinajstić information content (AvgIpc) is 3.63. The lowest BCUT2D eigenvalue weighted by molar-refractivity contribution is -0.167. The number of esters is 3. The van der Waals surface area contributed by atoms with E-state index in [9.17, 15) is 14.4 Å². The van der Waals surface area contributed by atoms with Crippen LogP contribution in [0, 0.1) is 0 Å². The summed E-state index contributed by atoms with van der Waals surface area (Å²) in [6.07, 6.45) is 1.43. The fourth-order valence-electron chi connectivity index (χ4n) is 5.74. The van der Waals surface area contributed by atoms with E-state index < -0.39 is 53.6 Å². The van der Waals surface area contributed by atoms with Crippen molar-refractivity contribution in [3.8, 4) is 0 Å². The van der Waals surface area contributed by atoms with Crippen LogP contribution in [0.2, 0.25) is 0 Å². The lowest BCUT2D eigenvalue weighted by atomic mass is 10.00. The number of nitrogens with one attached hydrogen (secondary N) is 1. The number of ether oxygens (including phenoxy) is 4. The smallest absolute Gasteiger partial charge is 0.303 e. The Bertz CT molecular complexity index is 1250. The van der Waals surface area contributed by atoms with E-state index in [1.54, 1.807) is 4.90 Å². The zero-order chi connectivity index (χ0) is 29.1. The molecule has 0 radical (unpaired) electrons. The number of rotatable bonds is 9. The molecule has 4 aliphatic rings. The first-order valence-electron chi connectivity index (χ1n) is 13.8. The second kappa shape index (κ2) is 12.3. The van der Waals surface area contributed by atoms with E-state index in [1.165, 1.54) is 27.1 Å². The van der Waals surface area contributed by atoms with Crippen molar-refractivity contribution in [1.29, 1.82) is 0 Å². The summed E-state index contributed by atoms with van der Waals surface area (Å²) in [4.78, 5) is 51.1. The molecule has 1 saturated heterocycles. The molecular weight excluding hydrogens is 550 g/mol. The van der Waals surface area contributed by atoms with Gasteiger partial charge in [-0.3, -0.25) is 24.6 Å². The van der Waals surface area contributed by atoms with Gasteiger partial charge in [-0.05, 0) is 18.4 Å². The van der Waals surface area contributed by atoms with E-state index in [0.29, 0.717) is 18.0 Å². The molecule has 2 fully saturated rings. The van der Waals surface area contributed by atoms with Crippen LogP contribution in [0.25, 0.3) is 0 Å². The standard InChI is InChI=1S/C28H35N5O7S/c1-16(34)37-14-21-22(38-17(2)35)23(39-18(3)36)26(40-21)33-25-24(32-27(33)31-20-11-7-8-12-20)28(41,30-15-29-25)13-19-9-5-4-6-10-19/h4-6,9-10,15,20-23,26-27,31,41H,7-8,11-14H2,1-3H3/t21-,22-,23-,26-,27?,28?/m1/s1. The highest BCUT2D eigenvalue weighted by Crippen LogP contribution is 2.38. The fraction of sp³-hybridized carbons (Fsp3) is 0.571. The van der Waals surface area contributed by atoms with E-state index in [1.807, 2.05) is 30.3 Å². The number of hydrogen-bond acceptors (Lipinski definition) is 13. The maximum Gasteiger partial charge on any atom is 0.303 e. The van der Waals surface area contributed by atoms with Crippen LogP contribution < -0.4 is 5.32 Å². The molecule has 3 aliphatic heterocycles. The van der Waals surface area contributed by atoms with Crippen LogP contribution >= 0.6 is 12.6 Å². The molecule has 0 aromatic heterocycles. The summed E-state index contributed by atoms with van der Waals surface area (Å²) in [6, 6.07) is 10.1. The topological polar surface area (TPSA) is 140 Å². The lowest BCUT2D eigenvalue weighted by Crippen LogP contribution is -2.58. The van der Waals surface area contributed by atoms with Gasteiger partial charge in [-0.1, -0.05) is 43.2 Å². The molecular formula is C28H35N5O7S. The minimum absolute atomic E-state index is 0.201. The van der Waals surface area contributed by atoms with Crippen molar-refractivity contribution >= 4 is 48.4 Å². The quantitative estimate of drug-likeness (QED) is 0.253. The Kier molecular flexibility index (Phi) is 8.76. The maximum absolute atomic E-state index is 12.3. The Morgan fingerprint density at radius 2 is 1.73 bits per heavy atom. The molecule has 13 heteroatoms. The highest BCUT2D eigenvalue weighted by molar-refractivity contribution is 7.83. The van der Waals surface area contributed by atoms with Crippen LogP contribution in [0.15, 0.2) is 45.3 Å². The van der Waals surface area contributed by atoms with E-state index in [-0.39, 0.29) is 12.6 Å². The van der Waals surface area contributed by atoms with E-state index >= 15 is 0 Å². The molecule has 5 rings (SSSR count). The third-order valence-corrected chi connectivity index (χ3v) is 7.94. The molecule has 2 unspecified atom stereocenters. The zero-order valence-electron chi connectivity index (χ0n) is 23.3. The van der Waals surface area contributed by atoms with Crippen molar-refractivity contribution in [3.63, 3.8) is 0 Å². The maximum atomic E-state index is 12.3. The molecule has 1 N–H and O–H groups in total. The van der Waals surface area contributed by atoms with Crippen LogP contribution in [-0.2, 0) is 39.8 Å². The van der Waals surface area contributed by atoms with Crippen LogP contribution in [0.4, 0.5) is 0 Å². The minimum Gasteiger partial charge on any atom is -0.463 e. The molecule has 12 nitrogen and oxygen atoms in total. The molecule has 6 atom stereocenters. The molecule has 3 heterocycles. The summed E-state index contributed by atoms with van der Waals surface area (Å²) >= 11 is 5.01. The third-order valence-electron chi connectivity index (χ3n) is 7.45. The second-order valence-electron chi connectivity index (χ2n) is 10.6. The van der Waals surface area contributed by atoms with Crippen molar-refractivity contribution in [3.05, 3.63) is 35.9 Å². The van der Waals surface area contributed by atoms with Crippen molar-refractivity contribution in [2.24, 2.45) is 15.0 Å². The van der Waals surface area contributed by atoms with E-state index in [0.717, 1.165) is 31.2 Å². The van der Waals surface area contributed by atoms with Gasteiger partial charge in [0.2, 0.25) is 0 Å². The van der Waals surface area contributed by atoms with Gasteiger partial charge in [0.05, 0.1) is 0 Å². The molecule has 0 bridgehead atoms. The summed E-state index contributed by atoms with van der Waals surface area (Å²) in [5, 5.41) is 3.61. The van der Waals surface area contributed by atoms with Crippen molar-refractivity contribution in [2.75, 3.05) is 6.61 Å². The molecule has 1 saturated carbocycles. The average molecular weight is 586 g/mol. The predicted octanol–water partition coefficient (Wildman–Crippen LogP) is 2.02. The van der Waals surface area contributed by atoms with Crippen LogP contribution in [0.1, 0.15) is 52.0 Å². The number of thiol groups is 1. The molecule has 0 spiro atoms. The number of hydrogen-bond donors (Lipinski definition) is 2. The first-order chi connectivity index (χ1) is 19.6. The number of benzene rings is 1. The predicted molar refractivity (Wildman–Crippen MR) is 153 cm³/mol. The SMILES string of the molecule is CC(=O)OC[C@H]1O[C@@H](N2C3=NC=NC(S)(Cc4ccccc4)C3=NC2NC2CCCC2)[C@H](OC(C)=O)[C@@H]1OC(C)=O. The van der Waals surface area contributed by atoms with Gasteiger partial charge in [0.15, 0.2) is 35.4 Å². The first kappa shape index (κ1) is 29.2. The Morgan fingerprint density at radius 3 is 2.39 bits per heavy atom. The van der Waals surface area contributed by atoms with Crippen molar-refractivity contribution < 1.29 is 33.3 Å². The van der Waals surface area contributed by atoms with Crippen molar-refractivity contribution in [1.82, 2.24) is 10.2 Å². The summed E-state index contributed by atoms with van der Waals surface area (Å²) < 4.78 is 22.9. The minimum atomic E-state index is -1.07. The van der Waals surface area contributed by atoms with Crippen LogP contribution in [0.3, 0.4) is 0 Å². The molecule has 0 amide bonds. The zero-order valence-corrected chi connectivity index (χ0v) is 24.2. The van der Waals surface area contributed by atoms with Crippen LogP contribution in [-0.4, -0.2) is 89.0 Å². The Balaban J connectivity index is 1.52.